The number of nitrogens with zero attached hydrogens (tertiary/aromatic N) is 1. The number of carbonyl (C=O) groups excluding carboxylic acids is 1. The Hall–Kier alpha value is -0.420. The average Bonchev–Trinajstić information content (AvgIpc) is 2.19. The van der Waals surface area contributed by atoms with E-state index < -0.39 is 11.7 Å². The highest BCUT2D eigenvalue weighted by atomic mass is 35.5. The first-order valence-electron chi connectivity index (χ1n) is 4.82. The van der Waals surface area contributed by atoms with Crippen LogP contribution in [0.15, 0.2) is 0 Å². The molecule has 0 atom stereocenters. The van der Waals surface area contributed by atoms with Crippen molar-refractivity contribution in [3.8, 4) is 0 Å². The predicted molar refractivity (Wildman–Crippen MR) is 74.1 cm³/mol. The molecule has 0 fully saturated rings. The lowest BCUT2D eigenvalue weighted by Gasteiger charge is -2.20. The Kier molecular flexibility index (Phi) is 4.95. The van der Waals surface area contributed by atoms with Crippen molar-refractivity contribution in [1.29, 1.82) is 0 Å². The largest absolute Gasteiger partial charge is 0.444 e. The third kappa shape index (κ3) is 4.05. The normalized spacial score (nSPS) is 11.3. The first kappa shape index (κ1) is 15.6. The highest BCUT2D eigenvalue weighted by molar-refractivity contribution is 6.49. The maximum Gasteiger partial charge on any atom is 0.412 e. The summed E-state index contributed by atoms with van der Waals surface area (Å²) in [6.45, 7) is 5.17. The minimum Gasteiger partial charge on any atom is -0.444 e. The van der Waals surface area contributed by atoms with E-state index in [1.807, 2.05) is 0 Å². The van der Waals surface area contributed by atoms with E-state index >= 15 is 0 Å². The van der Waals surface area contributed by atoms with Gasteiger partial charge in [0, 0.05) is 0 Å². The Morgan fingerprint density at radius 3 is 1.94 bits per heavy atom. The van der Waals surface area contributed by atoms with Crippen LogP contribution < -0.4 is 5.32 Å². The molecule has 0 aliphatic carbocycles. The zero-order chi connectivity index (χ0) is 14.1. The lowest BCUT2D eigenvalue weighted by molar-refractivity contribution is 0.0636. The minimum atomic E-state index is -0.718. The van der Waals surface area contributed by atoms with Crippen LogP contribution in [0.5, 0.6) is 0 Å². The van der Waals surface area contributed by atoms with E-state index in [0.717, 1.165) is 0 Å². The Morgan fingerprint density at radius 2 is 1.56 bits per heavy atom. The number of pyridine rings is 1. The van der Waals surface area contributed by atoms with E-state index in [-0.39, 0.29) is 26.0 Å². The van der Waals surface area contributed by atoms with Crippen molar-refractivity contribution in [3.63, 3.8) is 0 Å². The Labute approximate surface area is 125 Å². The maximum absolute atomic E-state index is 11.6. The Balaban J connectivity index is 3.01. The quantitative estimate of drug-likeness (QED) is 0.733. The minimum absolute atomic E-state index is 0.00285. The van der Waals surface area contributed by atoms with Gasteiger partial charge in [-0.1, -0.05) is 46.4 Å². The molecule has 0 aliphatic heterocycles. The van der Waals surface area contributed by atoms with E-state index in [0.29, 0.717) is 0 Å². The highest BCUT2D eigenvalue weighted by Gasteiger charge is 2.21. The van der Waals surface area contributed by atoms with Crippen LogP contribution >= 0.6 is 46.4 Å². The van der Waals surface area contributed by atoms with E-state index in [1.54, 1.807) is 20.8 Å². The number of hydrogen-bond acceptors (Lipinski definition) is 3. The molecule has 1 heterocycles. The van der Waals surface area contributed by atoms with Gasteiger partial charge >= 0.3 is 6.09 Å². The standard InChI is InChI=1S/C10H10Cl4N2O2/c1-10(2,3)18-9(17)15-6-4(11)7(13)16-8(14)5(6)12/h1-3H3,(H,15,16,17). The van der Waals surface area contributed by atoms with Gasteiger partial charge in [-0.05, 0) is 20.8 Å². The molecule has 4 nitrogen and oxygen atoms in total. The number of ether oxygens (including phenoxy) is 1. The van der Waals surface area contributed by atoms with Gasteiger partial charge in [0.2, 0.25) is 0 Å². The summed E-state index contributed by atoms with van der Waals surface area (Å²) in [5.41, 5.74) is -0.582. The number of hydrogen-bond donors (Lipinski definition) is 1. The van der Waals surface area contributed by atoms with Crippen molar-refractivity contribution < 1.29 is 9.53 Å². The Bertz CT molecular complexity index is 459. The molecule has 1 N–H and O–H groups in total. The van der Waals surface area contributed by atoms with Gasteiger partial charge in [0.1, 0.15) is 15.6 Å². The molecule has 0 bridgehead atoms. The van der Waals surface area contributed by atoms with Crippen LogP contribution in [0.4, 0.5) is 10.5 Å². The molecule has 18 heavy (non-hydrogen) atoms. The molecule has 0 aliphatic rings. The molecule has 100 valence electrons. The van der Waals surface area contributed by atoms with Gasteiger partial charge in [0.25, 0.3) is 0 Å². The second-order valence-corrected chi connectivity index (χ2v) is 5.80. The molecule has 0 radical (unpaired) electrons. The SMILES string of the molecule is CC(C)(C)OC(=O)Nc1c(Cl)c(Cl)nc(Cl)c1Cl. The van der Waals surface area contributed by atoms with Gasteiger partial charge in [0.05, 0.1) is 5.69 Å². The number of anilines is 1. The topological polar surface area (TPSA) is 51.2 Å². The number of rotatable bonds is 1. The molecule has 8 heteroatoms. The van der Waals surface area contributed by atoms with E-state index in [9.17, 15) is 4.79 Å². The fraction of sp³-hybridized carbons (Fsp3) is 0.400. The van der Waals surface area contributed by atoms with E-state index in [4.69, 9.17) is 51.1 Å². The van der Waals surface area contributed by atoms with Gasteiger partial charge in [-0.15, -0.1) is 0 Å². The summed E-state index contributed by atoms with van der Waals surface area (Å²) in [5.74, 6) is 0. The van der Waals surface area contributed by atoms with Crippen LogP contribution in [0.1, 0.15) is 20.8 Å². The first-order valence-corrected chi connectivity index (χ1v) is 6.33. The van der Waals surface area contributed by atoms with Crippen molar-refractivity contribution >= 4 is 58.2 Å². The van der Waals surface area contributed by atoms with Crippen LogP contribution in [0.2, 0.25) is 20.4 Å². The van der Waals surface area contributed by atoms with Crippen molar-refractivity contribution in [2.24, 2.45) is 0 Å². The molecule has 1 aromatic heterocycles. The summed E-state index contributed by atoms with van der Waals surface area (Å²) in [5, 5.41) is 2.26. The molecule has 0 aromatic carbocycles. The van der Waals surface area contributed by atoms with Crippen molar-refractivity contribution in [2.45, 2.75) is 26.4 Å². The van der Waals surface area contributed by atoms with Crippen LogP contribution in [0.25, 0.3) is 0 Å². The lowest BCUT2D eigenvalue weighted by atomic mass is 10.2. The fourth-order valence-electron chi connectivity index (χ4n) is 1.00. The van der Waals surface area contributed by atoms with Crippen LogP contribution in [-0.2, 0) is 4.74 Å². The Morgan fingerprint density at radius 1 is 1.11 bits per heavy atom. The molecule has 0 saturated heterocycles. The van der Waals surface area contributed by atoms with Gasteiger partial charge in [-0.2, -0.15) is 0 Å². The monoisotopic (exact) mass is 330 g/mol. The molecular weight excluding hydrogens is 322 g/mol. The second-order valence-electron chi connectivity index (χ2n) is 4.32. The van der Waals surface area contributed by atoms with Gasteiger partial charge in [-0.3, -0.25) is 5.32 Å². The number of carbonyl (C=O) groups is 1. The third-order valence-corrected chi connectivity index (χ3v) is 3.10. The summed E-state index contributed by atoms with van der Waals surface area (Å²) in [4.78, 5) is 15.3. The van der Waals surface area contributed by atoms with E-state index in [2.05, 4.69) is 10.3 Å². The first-order chi connectivity index (χ1) is 8.11. The van der Waals surface area contributed by atoms with Crippen LogP contribution in [0, 0.1) is 0 Å². The molecule has 1 amide bonds. The summed E-state index contributed by atoms with van der Waals surface area (Å²) < 4.78 is 5.06. The molecule has 0 unspecified atom stereocenters. The summed E-state index contributed by atoms with van der Waals surface area (Å²) in [7, 11) is 0. The zero-order valence-corrected chi connectivity index (χ0v) is 12.8. The molecule has 0 saturated carbocycles. The molecular formula is C10H10Cl4N2O2. The molecule has 1 aromatic rings. The third-order valence-electron chi connectivity index (χ3n) is 1.62. The second kappa shape index (κ2) is 5.70. The highest BCUT2D eigenvalue weighted by Crippen LogP contribution is 2.38. The molecule has 1 rings (SSSR count). The van der Waals surface area contributed by atoms with E-state index in [1.165, 1.54) is 0 Å². The van der Waals surface area contributed by atoms with Crippen molar-refractivity contribution in [1.82, 2.24) is 4.98 Å². The average molecular weight is 332 g/mol. The van der Waals surface area contributed by atoms with Gasteiger partial charge in [-0.25, -0.2) is 9.78 Å². The van der Waals surface area contributed by atoms with Gasteiger partial charge < -0.3 is 4.74 Å². The van der Waals surface area contributed by atoms with Crippen molar-refractivity contribution in [2.75, 3.05) is 5.32 Å². The maximum atomic E-state index is 11.6. The van der Waals surface area contributed by atoms with Gasteiger partial charge in [0.15, 0.2) is 10.3 Å². The number of amides is 1. The summed E-state index contributed by atoms with van der Waals surface area (Å²) in [6, 6.07) is 0. The smallest absolute Gasteiger partial charge is 0.412 e. The van der Waals surface area contributed by atoms with Crippen LogP contribution in [0.3, 0.4) is 0 Å². The number of aromatic nitrogens is 1. The zero-order valence-electron chi connectivity index (χ0n) is 9.78. The van der Waals surface area contributed by atoms with Crippen molar-refractivity contribution in [3.05, 3.63) is 20.4 Å². The predicted octanol–water partition coefficient (Wildman–Crippen LogP) is 5.04. The summed E-state index contributed by atoms with van der Waals surface area (Å²) >= 11 is 23.2. The summed E-state index contributed by atoms with van der Waals surface area (Å²) in [6.07, 6.45) is -0.718. The number of halogens is 4. The van der Waals surface area contributed by atoms with Crippen LogP contribution in [-0.4, -0.2) is 16.7 Å². The number of nitrogens with one attached hydrogen (secondary N) is 1. The molecule has 0 spiro atoms. The fourth-order valence-corrected chi connectivity index (χ4v) is 1.82. The lowest BCUT2D eigenvalue weighted by Crippen LogP contribution is -2.27.